The Morgan fingerprint density at radius 2 is 1.60 bits per heavy atom. The molecule has 25 heavy (non-hydrogen) atoms. The van der Waals surface area contributed by atoms with E-state index in [2.05, 4.69) is 15.5 Å². The maximum absolute atomic E-state index is 12.1. The molecule has 12 heteroatoms. The molecule has 0 aliphatic rings. The average Bonchev–Trinajstić information content (AvgIpc) is 2.56. The number of amidine groups is 1. The summed E-state index contributed by atoms with van der Waals surface area (Å²) in [6.07, 6.45) is -0.303. The Balaban J connectivity index is 0. The van der Waals surface area contributed by atoms with Crippen molar-refractivity contribution in [2.45, 2.75) is 25.9 Å². The molecule has 4 N–H and O–H groups in total. The Morgan fingerprint density at radius 3 is 2.00 bits per heavy atom. The van der Waals surface area contributed by atoms with Gasteiger partial charge in [-0.3, -0.25) is 4.99 Å². The number of hydroxylamine groups is 2. The topological polar surface area (TPSA) is 156 Å². The van der Waals surface area contributed by atoms with Crippen LogP contribution in [0, 0.1) is 16.3 Å². The van der Waals surface area contributed by atoms with Crippen molar-refractivity contribution in [3.8, 4) is 0 Å². The fraction of sp³-hybridized carbons (Fsp3) is 0.462. The van der Waals surface area contributed by atoms with E-state index in [1.807, 2.05) is 13.8 Å². The second kappa shape index (κ2) is 12.4. The van der Waals surface area contributed by atoms with Crippen LogP contribution in [0.4, 0.5) is 0 Å². The van der Waals surface area contributed by atoms with Crippen LogP contribution in [0.3, 0.4) is 0 Å². The Bertz CT molecular complexity index is 592. The molecular formula is C13H20N6Na2O4+2. The van der Waals surface area contributed by atoms with Gasteiger partial charge >= 0.3 is 64.8 Å². The summed E-state index contributed by atoms with van der Waals surface area (Å²) < 4.78 is 0. The maximum Gasteiger partial charge on any atom is 1.00 e. The molecule has 0 fully saturated rings. The van der Waals surface area contributed by atoms with Crippen LogP contribution in [-0.2, 0) is 6.42 Å². The van der Waals surface area contributed by atoms with Crippen molar-refractivity contribution in [2.75, 3.05) is 6.54 Å². The van der Waals surface area contributed by atoms with Crippen LogP contribution in [-0.4, -0.2) is 38.2 Å². The zero-order valence-electron chi connectivity index (χ0n) is 14.9. The molecule has 0 aromatic heterocycles. The number of nitrogens with two attached hydrogens (primary N) is 1. The SMILES string of the molecule is CC(C)CN=C(N)C(Cc1ccccc1)(/[N+]([O-])=N/O)/[N+]([O-])=N/O.[Na+].[Na+]. The van der Waals surface area contributed by atoms with Crippen LogP contribution in [0.1, 0.15) is 19.4 Å². The summed E-state index contributed by atoms with van der Waals surface area (Å²) in [6, 6.07) is 8.41. The molecule has 1 aromatic rings. The van der Waals surface area contributed by atoms with Crippen LogP contribution in [0.25, 0.3) is 0 Å². The summed E-state index contributed by atoms with van der Waals surface area (Å²) in [4.78, 5) is 3.34. The number of hydrogen-bond acceptors (Lipinski definition) is 5. The van der Waals surface area contributed by atoms with Gasteiger partial charge in [0.1, 0.15) is 6.42 Å². The van der Waals surface area contributed by atoms with Crippen molar-refractivity contribution in [1.29, 1.82) is 0 Å². The third kappa shape index (κ3) is 6.72. The molecule has 0 amide bonds. The zero-order valence-corrected chi connectivity index (χ0v) is 18.9. The Morgan fingerprint density at radius 1 is 1.12 bits per heavy atom. The van der Waals surface area contributed by atoms with Gasteiger partial charge in [-0.25, -0.2) is 0 Å². The molecule has 0 radical (unpaired) electrons. The van der Waals surface area contributed by atoms with Gasteiger partial charge in [0.05, 0.1) is 0 Å². The first kappa shape index (κ1) is 26.3. The largest absolute Gasteiger partial charge is 1.00 e. The minimum absolute atomic E-state index is 0. The molecule has 0 atom stereocenters. The molecule has 0 saturated heterocycles. The minimum Gasteiger partial charge on any atom is -0.592 e. The van der Waals surface area contributed by atoms with Gasteiger partial charge in [0.15, 0.2) is 0 Å². The van der Waals surface area contributed by atoms with E-state index in [-0.39, 0.29) is 87.7 Å². The fourth-order valence-corrected chi connectivity index (χ4v) is 1.93. The molecule has 0 spiro atoms. The normalized spacial score (nSPS) is 13.2. The Kier molecular flexibility index (Phi) is 13.1. The van der Waals surface area contributed by atoms with Gasteiger partial charge in [0.2, 0.25) is 16.4 Å². The fourth-order valence-electron chi connectivity index (χ4n) is 1.93. The zero-order chi connectivity index (χ0) is 17.5. The van der Waals surface area contributed by atoms with Gasteiger partial charge in [-0.05, 0) is 11.5 Å². The third-order valence-electron chi connectivity index (χ3n) is 3.13. The first-order chi connectivity index (χ1) is 10.9. The predicted molar refractivity (Wildman–Crippen MR) is 79.9 cm³/mol. The molecule has 0 unspecified atom stereocenters. The smallest absolute Gasteiger partial charge is 0.592 e. The first-order valence-electron chi connectivity index (χ1n) is 6.87. The van der Waals surface area contributed by atoms with E-state index in [4.69, 9.17) is 16.1 Å². The summed E-state index contributed by atoms with van der Waals surface area (Å²) in [5, 5.41) is 46.8. The van der Waals surface area contributed by atoms with Crippen molar-refractivity contribution in [3.05, 3.63) is 46.3 Å². The Labute approximate surface area is 189 Å². The van der Waals surface area contributed by atoms with E-state index in [9.17, 15) is 10.4 Å². The second-order valence-electron chi connectivity index (χ2n) is 5.32. The molecule has 0 aliphatic carbocycles. The number of rotatable bonds is 7. The van der Waals surface area contributed by atoms with Crippen LogP contribution >= 0.6 is 0 Å². The van der Waals surface area contributed by atoms with Crippen molar-refractivity contribution in [3.63, 3.8) is 0 Å². The van der Waals surface area contributed by atoms with E-state index in [1.54, 1.807) is 30.3 Å². The molecule has 10 nitrogen and oxygen atoms in total. The molecule has 0 heterocycles. The second-order valence-corrected chi connectivity index (χ2v) is 5.32. The minimum atomic E-state index is -2.33. The van der Waals surface area contributed by atoms with Crippen LogP contribution < -0.4 is 64.8 Å². The van der Waals surface area contributed by atoms with Crippen LogP contribution in [0.15, 0.2) is 45.9 Å². The number of nitrogens with zero attached hydrogens (tertiary/aromatic N) is 5. The Hall–Kier alpha value is -0.910. The van der Waals surface area contributed by atoms with Crippen LogP contribution in [0.2, 0.25) is 0 Å². The molecular weight excluding hydrogens is 350 g/mol. The number of hydrogen-bond donors (Lipinski definition) is 3. The van der Waals surface area contributed by atoms with Gasteiger partial charge < -0.3 is 26.6 Å². The molecule has 0 bridgehead atoms. The predicted octanol–water partition coefficient (Wildman–Crippen LogP) is -4.35. The average molecular weight is 370 g/mol. The molecule has 0 saturated carbocycles. The van der Waals surface area contributed by atoms with E-state index < -0.39 is 11.5 Å². The van der Waals surface area contributed by atoms with E-state index in [1.165, 1.54) is 0 Å². The number of benzene rings is 1. The summed E-state index contributed by atoms with van der Waals surface area (Å²) in [5.74, 6) is -0.309. The van der Waals surface area contributed by atoms with Gasteiger partial charge in [0.25, 0.3) is 0 Å². The van der Waals surface area contributed by atoms with Crippen molar-refractivity contribution in [1.82, 2.24) is 0 Å². The molecule has 1 rings (SSSR count). The third-order valence-corrected chi connectivity index (χ3v) is 3.13. The van der Waals surface area contributed by atoms with E-state index in [0.29, 0.717) is 5.56 Å². The van der Waals surface area contributed by atoms with Crippen LogP contribution in [0.5, 0.6) is 0 Å². The standard InChI is InChI=1S/C13H20N6O4.2Na/c1-10(2)9-15-12(14)13(18(22)16-20,19(23)17-21)8-11-6-4-3-5-7-11;;/h3-7,10,20-21H,8-9H2,1-2H3,(H2,14,15);;/q;2*+1/b18-16-,19-17-;;. The van der Waals surface area contributed by atoms with Gasteiger partial charge in [-0.2, -0.15) is 0 Å². The summed E-state index contributed by atoms with van der Waals surface area (Å²) in [7, 11) is 0. The van der Waals surface area contributed by atoms with Crippen molar-refractivity contribution < 1.29 is 79.3 Å². The molecule has 0 aliphatic heterocycles. The first-order valence-corrected chi connectivity index (χ1v) is 6.87. The molecule has 126 valence electrons. The summed E-state index contributed by atoms with van der Waals surface area (Å²) >= 11 is 0. The molecule has 1 aromatic carbocycles. The monoisotopic (exact) mass is 370 g/mol. The van der Waals surface area contributed by atoms with E-state index in [0.717, 1.165) is 0 Å². The van der Waals surface area contributed by atoms with Crippen molar-refractivity contribution >= 4 is 5.84 Å². The summed E-state index contributed by atoms with van der Waals surface area (Å²) in [6.45, 7) is 3.97. The van der Waals surface area contributed by atoms with Gasteiger partial charge in [0, 0.05) is 16.3 Å². The number of aliphatic imine (C=N–C) groups is 1. The quantitative estimate of drug-likeness (QED) is 0.0841. The maximum atomic E-state index is 12.1. The van der Waals surface area contributed by atoms with Gasteiger partial charge in [-0.1, -0.05) is 44.2 Å². The van der Waals surface area contributed by atoms with Crippen molar-refractivity contribution in [2.24, 2.45) is 27.2 Å². The van der Waals surface area contributed by atoms with E-state index >= 15 is 0 Å². The summed E-state index contributed by atoms with van der Waals surface area (Å²) in [5.41, 5.74) is 4.02. The van der Waals surface area contributed by atoms with Gasteiger partial charge in [-0.15, -0.1) is 0 Å².